The SMILES string of the molecule is COCCCNc1ncc(C(=O)Nc2ccc(Cl)c(Cl)c2)cn1. The highest BCUT2D eigenvalue weighted by molar-refractivity contribution is 6.42. The first-order valence-electron chi connectivity index (χ1n) is 6.91. The Hall–Kier alpha value is -1.89. The van der Waals surface area contributed by atoms with Crippen LogP contribution < -0.4 is 10.6 Å². The highest BCUT2D eigenvalue weighted by Crippen LogP contribution is 2.25. The van der Waals surface area contributed by atoms with Gasteiger partial charge in [-0.1, -0.05) is 23.2 Å². The van der Waals surface area contributed by atoms with Gasteiger partial charge in [0.2, 0.25) is 5.95 Å². The van der Waals surface area contributed by atoms with Crippen molar-refractivity contribution in [2.45, 2.75) is 6.42 Å². The summed E-state index contributed by atoms with van der Waals surface area (Å²) < 4.78 is 4.95. The number of halogens is 2. The van der Waals surface area contributed by atoms with Crippen LogP contribution in [0.3, 0.4) is 0 Å². The van der Waals surface area contributed by atoms with Crippen molar-refractivity contribution in [1.29, 1.82) is 0 Å². The second-order valence-electron chi connectivity index (χ2n) is 4.65. The molecule has 0 radical (unpaired) electrons. The maximum Gasteiger partial charge on any atom is 0.258 e. The Bertz CT molecular complexity index is 665. The standard InChI is InChI=1S/C15H16Cl2N4O2/c1-23-6-2-5-18-15-19-8-10(9-20-15)14(22)21-11-3-4-12(16)13(17)7-11/h3-4,7-9H,2,5-6H2,1H3,(H,21,22)(H,18,19,20). The number of benzene rings is 1. The van der Waals surface area contributed by atoms with E-state index in [2.05, 4.69) is 20.6 Å². The minimum absolute atomic E-state index is 0.325. The van der Waals surface area contributed by atoms with Crippen molar-refractivity contribution in [3.63, 3.8) is 0 Å². The normalized spacial score (nSPS) is 10.4. The molecular weight excluding hydrogens is 339 g/mol. The van der Waals surface area contributed by atoms with E-state index in [9.17, 15) is 4.79 Å². The van der Waals surface area contributed by atoms with Gasteiger partial charge in [0.1, 0.15) is 0 Å². The molecule has 2 rings (SSSR count). The van der Waals surface area contributed by atoms with Crippen molar-refractivity contribution in [2.24, 2.45) is 0 Å². The zero-order chi connectivity index (χ0) is 16.7. The number of anilines is 2. The Morgan fingerprint density at radius 2 is 1.96 bits per heavy atom. The fourth-order valence-electron chi connectivity index (χ4n) is 1.73. The van der Waals surface area contributed by atoms with Crippen LogP contribution in [0.15, 0.2) is 30.6 Å². The Morgan fingerprint density at radius 3 is 2.61 bits per heavy atom. The van der Waals surface area contributed by atoms with Crippen LogP contribution in [-0.4, -0.2) is 36.1 Å². The molecule has 0 aliphatic rings. The fraction of sp³-hybridized carbons (Fsp3) is 0.267. The molecule has 0 fully saturated rings. The summed E-state index contributed by atoms with van der Waals surface area (Å²) in [7, 11) is 1.65. The Labute approximate surface area is 144 Å². The van der Waals surface area contributed by atoms with Gasteiger partial charge in [-0.15, -0.1) is 0 Å². The predicted molar refractivity (Wildman–Crippen MR) is 91.4 cm³/mol. The van der Waals surface area contributed by atoms with Crippen molar-refractivity contribution in [3.8, 4) is 0 Å². The second-order valence-corrected chi connectivity index (χ2v) is 5.47. The van der Waals surface area contributed by atoms with Crippen LogP contribution in [-0.2, 0) is 4.74 Å². The molecule has 2 aromatic rings. The van der Waals surface area contributed by atoms with Gasteiger partial charge in [0.25, 0.3) is 5.91 Å². The topological polar surface area (TPSA) is 76.1 Å². The van der Waals surface area contributed by atoms with Crippen molar-refractivity contribution < 1.29 is 9.53 Å². The summed E-state index contributed by atoms with van der Waals surface area (Å²) in [5.74, 6) is 0.140. The number of nitrogens with one attached hydrogen (secondary N) is 2. The van der Waals surface area contributed by atoms with Gasteiger partial charge >= 0.3 is 0 Å². The highest BCUT2D eigenvalue weighted by Gasteiger charge is 2.09. The number of ether oxygens (including phenoxy) is 1. The third-order valence-corrected chi connectivity index (χ3v) is 3.64. The number of rotatable bonds is 7. The molecule has 1 heterocycles. The van der Waals surface area contributed by atoms with Crippen LogP contribution in [0.2, 0.25) is 10.0 Å². The van der Waals surface area contributed by atoms with Crippen LogP contribution in [0.1, 0.15) is 16.8 Å². The average molecular weight is 355 g/mol. The largest absolute Gasteiger partial charge is 0.385 e. The van der Waals surface area contributed by atoms with Gasteiger partial charge in [-0.05, 0) is 24.6 Å². The zero-order valence-electron chi connectivity index (χ0n) is 12.5. The van der Waals surface area contributed by atoms with Gasteiger partial charge < -0.3 is 15.4 Å². The first-order valence-corrected chi connectivity index (χ1v) is 7.67. The summed E-state index contributed by atoms with van der Waals surface area (Å²) in [6, 6.07) is 4.86. The third-order valence-electron chi connectivity index (χ3n) is 2.90. The van der Waals surface area contributed by atoms with Crippen molar-refractivity contribution >= 4 is 40.7 Å². The van der Waals surface area contributed by atoms with Crippen LogP contribution >= 0.6 is 23.2 Å². The lowest BCUT2D eigenvalue weighted by Gasteiger charge is -2.07. The molecule has 8 heteroatoms. The van der Waals surface area contributed by atoms with Gasteiger partial charge in [-0.2, -0.15) is 0 Å². The van der Waals surface area contributed by atoms with Crippen molar-refractivity contribution in [1.82, 2.24) is 9.97 Å². The Kier molecular flexibility index (Phi) is 6.58. The number of carbonyl (C=O) groups is 1. The molecule has 1 amide bonds. The maximum absolute atomic E-state index is 12.1. The van der Waals surface area contributed by atoms with E-state index in [1.807, 2.05) is 0 Å². The lowest BCUT2D eigenvalue weighted by molar-refractivity contribution is 0.102. The Morgan fingerprint density at radius 1 is 1.22 bits per heavy atom. The van der Waals surface area contributed by atoms with E-state index in [-0.39, 0.29) is 5.91 Å². The van der Waals surface area contributed by atoms with E-state index in [1.165, 1.54) is 12.4 Å². The zero-order valence-corrected chi connectivity index (χ0v) is 14.0. The van der Waals surface area contributed by atoms with E-state index >= 15 is 0 Å². The molecule has 122 valence electrons. The molecule has 23 heavy (non-hydrogen) atoms. The number of aromatic nitrogens is 2. The first-order chi connectivity index (χ1) is 11.1. The van der Waals surface area contributed by atoms with E-state index in [4.69, 9.17) is 27.9 Å². The maximum atomic E-state index is 12.1. The number of nitrogens with zero attached hydrogens (tertiary/aromatic N) is 2. The monoisotopic (exact) mass is 354 g/mol. The molecular formula is C15H16Cl2N4O2. The molecule has 0 spiro atoms. The smallest absolute Gasteiger partial charge is 0.258 e. The van der Waals surface area contributed by atoms with Crippen LogP contribution in [0, 0.1) is 0 Å². The van der Waals surface area contributed by atoms with E-state index in [0.29, 0.717) is 40.4 Å². The van der Waals surface area contributed by atoms with Gasteiger partial charge in [-0.25, -0.2) is 9.97 Å². The molecule has 0 saturated carbocycles. The van der Waals surface area contributed by atoms with Gasteiger partial charge in [0, 0.05) is 38.3 Å². The van der Waals surface area contributed by atoms with E-state index in [0.717, 1.165) is 6.42 Å². The predicted octanol–water partition coefficient (Wildman–Crippen LogP) is 3.48. The molecule has 1 aromatic carbocycles. The van der Waals surface area contributed by atoms with E-state index in [1.54, 1.807) is 25.3 Å². The van der Waals surface area contributed by atoms with E-state index < -0.39 is 0 Å². The van der Waals surface area contributed by atoms with Crippen molar-refractivity contribution in [2.75, 3.05) is 30.9 Å². The number of amides is 1. The van der Waals surface area contributed by atoms with Crippen molar-refractivity contribution in [3.05, 3.63) is 46.2 Å². The summed E-state index contributed by atoms with van der Waals surface area (Å²) in [6.45, 7) is 1.36. The quantitative estimate of drug-likeness (QED) is 0.744. The Balaban J connectivity index is 1.93. The molecule has 0 bridgehead atoms. The van der Waals surface area contributed by atoms with Crippen LogP contribution in [0.5, 0.6) is 0 Å². The molecule has 0 unspecified atom stereocenters. The number of hydrogen-bond donors (Lipinski definition) is 2. The van der Waals surface area contributed by atoms with Crippen LogP contribution in [0.25, 0.3) is 0 Å². The molecule has 2 N–H and O–H groups in total. The summed E-state index contributed by atoms with van der Waals surface area (Å²) in [6.07, 6.45) is 3.76. The van der Waals surface area contributed by atoms with Gasteiger partial charge in [-0.3, -0.25) is 4.79 Å². The average Bonchev–Trinajstić information content (AvgIpc) is 2.55. The molecule has 0 aliphatic carbocycles. The second kappa shape index (κ2) is 8.67. The minimum atomic E-state index is -0.325. The summed E-state index contributed by atoms with van der Waals surface area (Å²) >= 11 is 11.7. The lowest BCUT2D eigenvalue weighted by atomic mass is 10.3. The van der Waals surface area contributed by atoms with Gasteiger partial charge in [0.15, 0.2) is 0 Å². The lowest BCUT2D eigenvalue weighted by Crippen LogP contribution is -2.14. The molecule has 1 aromatic heterocycles. The number of carbonyl (C=O) groups excluding carboxylic acids is 1. The van der Waals surface area contributed by atoms with Gasteiger partial charge in [0.05, 0.1) is 15.6 Å². The molecule has 0 saturated heterocycles. The number of methoxy groups -OCH3 is 1. The minimum Gasteiger partial charge on any atom is -0.385 e. The first kappa shape index (κ1) is 17.5. The summed E-state index contributed by atoms with van der Waals surface area (Å²) in [4.78, 5) is 20.3. The summed E-state index contributed by atoms with van der Waals surface area (Å²) in [5, 5.41) is 6.55. The molecule has 0 atom stereocenters. The molecule has 0 aliphatic heterocycles. The third kappa shape index (κ3) is 5.35. The molecule has 6 nitrogen and oxygen atoms in total. The fourth-order valence-corrected chi connectivity index (χ4v) is 2.03. The summed E-state index contributed by atoms with van der Waals surface area (Å²) in [5.41, 5.74) is 0.893. The highest BCUT2D eigenvalue weighted by atomic mass is 35.5. The van der Waals surface area contributed by atoms with Crippen LogP contribution in [0.4, 0.5) is 11.6 Å². The number of hydrogen-bond acceptors (Lipinski definition) is 5.